The highest BCUT2D eigenvalue weighted by atomic mass is 35.5. The van der Waals surface area contributed by atoms with Crippen LogP contribution in [-0.2, 0) is 9.59 Å². The fourth-order valence-electron chi connectivity index (χ4n) is 3.55. The minimum Gasteiger partial charge on any atom is -0.484 e. The average molecular weight is 461 g/mol. The molecule has 0 radical (unpaired) electrons. The van der Waals surface area contributed by atoms with Gasteiger partial charge in [-0.25, -0.2) is 4.79 Å². The summed E-state index contributed by atoms with van der Waals surface area (Å²) in [7, 11) is 0. The standard InChI is InChI=1S/C22H18Cl2N2O5/c23-14-8-15(24)10-16(9-14)25-22(29)18-2-1-7-26(18)20(27)12-30-17-5-3-13-4-6-21(28)31-19(13)11-17/h3-6,8-11,18H,1-2,7,12H2,(H,25,29). The first-order valence-corrected chi connectivity index (χ1v) is 10.4. The molecule has 4 rings (SSSR count). The van der Waals surface area contributed by atoms with E-state index >= 15 is 0 Å². The lowest BCUT2D eigenvalue weighted by Gasteiger charge is -2.24. The maximum absolute atomic E-state index is 12.7. The number of rotatable bonds is 5. The van der Waals surface area contributed by atoms with Crippen LogP contribution in [0.2, 0.25) is 10.0 Å². The van der Waals surface area contributed by atoms with E-state index in [1.165, 1.54) is 11.0 Å². The van der Waals surface area contributed by atoms with E-state index in [9.17, 15) is 14.4 Å². The van der Waals surface area contributed by atoms with Crippen LogP contribution in [0.15, 0.2) is 57.7 Å². The topological polar surface area (TPSA) is 88.9 Å². The second-order valence-corrected chi connectivity index (χ2v) is 8.01. The molecule has 160 valence electrons. The van der Waals surface area contributed by atoms with E-state index in [0.29, 0.717) is 46.5 Å². The third-order valence-corrected chi connectivity index (χ3v) is 5.40. The SMILES string of the molecule is O=C(Nc1cc(Cl)cc(Cl)c1)C1CCCN1C(=O)COc1ccc2ccc(=O)oc2c1. The van der Waals surface area contributed by atoms with Crippen molar-refractivity contribution in [2.45, 2.75) is 18.9 Å². The number of carbonyl (C=O) groups excluding carboxylic acids is 2. The van der Waals surface area contributed by atoms with E-state index in [2.05, 4.69) is 5.32 Å². The predicted octanol–water partition coefficient (Wildman–Crippen LogP) is 4.11. The van der Waals surface area contributed by atoms with E-state index in [4.69, 9.17) is 32.4 Å². The number of hydrogen-bond donors (Lipinski definition) is 1. The lowest BCUT2D eigenvalue weighted by atomic mass is 10.2. The molecule has 1 saturated heterocycles. The van der Waals surface area contributed by atoms with Crippen LogP contribution < -0.4 is 15.7 Å². The van der Waals surface area contributed by atoms with Crippen molar-refractivity contribution in [2.24, 2.45) is 0 Å². The fourth-order valence-corrected chi connectivity index (χ4v) is 4.07. The molecule has 1 atom stereocenters. The van der Waals surface area contributed by atoms with E-state index in [1.54, 1.807) is 42.5 Å². The summed E-state index contributed by atoms with van der Waals surface area (Å²) in [5.74, 6) is -0.225. The molecule has 1 aliphatic rings. The second-order valence-electron chi connectivity index (χ2n) is 7.14. The number of ether oxygens (including phenoxy) is 1. The Morgan fingerprint density at radius 2 is 1.84 bits per heavy atom. The number of halogens is 2. The summed E-state index contributed by atoms with van der Waals surface area (Å²) in [5, 5.41) is 4.32. The number of amides is 2. The first-order chi connectivity index (χ1) is 14.9. The van der Waals surface area contributed by atoms with Crippen LogP contribution in [-0.4, -0.2) is 35.9 Å². The fraction of sp³-hybridized carbons (Fsp3) is 0.227. The molecule has 0 aliphatic carbocycles. The summed E-state index contributed by atoms with van der Waals surface area (Å²) in [6, 6.07) is 12.1. The summed E-state index contributed by atoms with van der Waals surface area (Å²) in [4.78, 5) is 38.3. The van der Waals surface area contributed by atoms with E-state index in [-0.39, 0.29) is 18.4 Å². The smallest absolute Gasteiger partial charge is 0.336 e. The van der Waals surface area contributed by atoms with Crippen molar-refractivity contribution in [2.75, 3.05) is 18.5 Å². The molecule has 1 aliphatic heterocycles. The van der Waals surface area contributed by atoms with Gasteiger partial charge in [-0.1, -0.05) is 23.2 Å². The van der Waals surface area contributed by atoms with Crippen molar-refractivity contribution < 1.29 is 18.7 Å². The number of hydrogen-bond acceptors (Lipinski definition) is 5. The maximum Gasteiger partial charge on any atom is 0.336 e. The van der Waals surface area contributed by atoms with Crippen molar-refractivity contribution in [1.29, 1.82) is 0 Å². The molecule has 1 fully saturated rings. The van der Waals surface area contributed by atoms with Gasteiger partial charge in [0.25, 0.3) is 5.91 Å². The van der Waals surface area contributed by atoms with Crippen LogP contribution in [0.4, 0.5) is 5.69 Å². The Morgan fingerprint density at radius 1 is 1.10 bits per heavy atom. The molecule has 0 saturated carbocycles. The summed E-state index contributed by atoms with van der Waals surface area (Å²) >= 11 is 12.0. The zero-order valence-electron chi connectivity index (χ0n) is 16.3. The average Bonchev–Trinajstić information content (AvgIpc) is 3.21. The largest absolute Gasteiger partial charge is 0.484 e. The van der Waals surface area contributed by atoms with Gasteiger partial charge < -0.3 is 19.4 Å². The van der Waals surface area contributed by atoms with Crippen molar-refractivity contribution in [3.63, 3.8) is 0 Å². The van der Waals surface area contributed by atoms with Crippen molar-refractivity contribution in [3.8, 4) is 5.75 Å². The lowest BCUT2D eigenvalue weighted by molar-refractivity contribution is -0.138. The van der Waals surface area contributed by atoms with Crippen LogP contribution >= 0.6 is 23.2 Å². The number of nitrogens with one attached hydrogen (secondary N) is 1. The molecule has 0 spiro atoms. The molecule has 2 aromatic carbocycles. The van der Waals surface area contributed by atoms with Crippen molar-refractivity contribution >= 4 is 51.7 Å². The van der Waals surface area contributed by atoms with E-state index in [1.807, 2.05) is 0 Å². The van der Waals surface area contributed by atoms with Crippen LogP contribution in [0.1, 0.15) is 12.8 Å². The Balaban J connectivity index is 1.40. The van der Waals surface area contributed by atoms with Crippen molar-refractivity contribution in [1.82, 2.24) is 4.90 Å². The number of fused-ring (bicyclic) bond motifs is 1. The van der Waals surface area contributed by atoms with Crippen LogP contribution in [0, 0.1) is 0 Å². The molecule has 2 amide bonds. The Labute approximate surface area is 187 Å². The minimum atomic E-state index is -0.608. The Morgan fingerprint density at radius 3 is 2.61 bits per heavy atom. The van der Waals surface area contributed by atoms with Crippen LogP contribution in [0.5, 0.6) is 5.75 Å². The highest BCUT2D eigenvalue weighted by Gasteiger charge is 2.34. The van der Waals surface area contributed by atoms with Gasteiger partial charge in [-0.3, -0.25) is 9.59 Å². The quantitative estimate of drug-likeness (QED) is 0.578. The summed E-state index contributed by atoms with van der Waals surface area (Å²) < 4.78 is 10.7. The van der Waals surface area contributed by atoms with Gasteiger partial charge in [0.05, 0.1) is 0 Å². The van der Waals surface area contributed by atoms with Crippen LogP contribution in [0.25, 0.3) is 11.0 Å². The summed E-state index contributed by atoms with van der Waals surface area (Å²) in [5.41, 5.74) is 0.374. The Hall–Kier alpha value is -3.03. The van der Waals surface area contributed by atoms with E-state index in [0.717, 1.165) is 5.39 Å². The van der Waals surface area contributed by atoms with Crippen molar-refractivity contribution in [3.05, 3.63) is 69.0 Å². The highest BCUT2D eigenvalue weighted by molar-refractivity contribution is 6.35. The Bertz CT molecular complexity index is 1190. The third-order valence-electron chi connectivity index (χ3n) is 4.96. The highest BCUT2D eigenvalue weighted by Crippen LogP contribution is 2.25. The first-order valence-electron chi connectivity index (χ1n) is 9.62. The maximum atomic E-state index is 12.7. The predicted molar refractivity (Wildman–Crippen MR) is 118 cm³/mol. The van der Waals surface area contributed by atoms with Crippen LogP contribution in [0.3, 0.4) is 0 Å². The molecule has 1 N–H and O–H groups in total. The van der Waals surface area contributed by atoms with Gasteiger partial charge in [0.2, 0.25) is 5.91 Å². The summed E-state index contributed by atoms with van der Waals surface area (Å²) in [6.45, 7) is 0.221. The van der Waals surface area contributed by atoms with Gasteiger partial charge in [-0.05, 0) is 49.2 Å². The van der Waals surface area contributed by atoms with Gasteiger partial charge in [-0.15, -0.1) is 0 Å². The number of likely N-dealkylation sites (tertiary alicyclic amines) is 1. The zero-order valence-corrected chi connectivity index (χ0v) is 17.8. The molecule has 0 bridgehead atoms. The van der Waals surface area contributed by atoms with Gasteiger partial charge >= 0.3 is 5.63 Å². The number of benzene rings is 2. The molecule has 1 unspecified atom stereocenters. The second kappa shape index (κ2) is 8.99. The molecular formula is C22H18Cl2N2O5. The van der Waals surface area contributed by atoms with Gasteiger partial charge in [0, 0.05) is 39.8 Å². The summed E-state index contributed by atoms with van der Waals surface area (Å²) in [6.07, 6.45) is 1.26. The molecule has 7 nitrogen and oxygen atoms in total. The van der Waals surface area contributed by atoms with Gasteiger partial charge in [0.15, 0.2) is 6.61 Å². The van der Waals surface area contributed by atoms with Gasteiger partial charge in [-0.2, -0.15) is 0 Å². The zero-order chi connectivity index (χ0) is 22.0. The third kappa shape index (κ3) is 5.00. The van der Waals surface area contributed by atoms with Gasteiger partial charge in [0.1, 0.15) is 17.4 Å². The first kappa shape index (κ1) is 21.2. The Kier molecular flexibility index (Phi) is 6.15. The number of anilines is 1. The van der Waals surface area contributed by atoms with E-state index < -0.39 is 11.7 Å². The monoisotopic (exact) mass is 460 g/mol. The lowest BCUT2D eigenvalue weighted by Crippen LogP contribution is -2.45. The molecule has 31 heavy (non-hydrogen) atoms. The normalized spacial score (nSPS) is 15.8. The molecule has 9 heteroatoms. The number of nitrogens with zero attached hydrogens (tertiary/aromatic N) is 1. The number of carbonyl (C=O) groups is 2. The minimum absolute atomic E-state index is 0.241. The molecule has 2 heterocycles. The molecular weight excluding hydrogens is 443 g/mol. The molecule has 3 aromatic rings. The molecule has 1 aromatic heterocycles.